The lowest BCUT2D eigenvalue weighted by Gasteiger charge is -2.08. The fourth-order valence-electron chi connectivity index (χ4n) is 3.24. The van der Waals surface area contributed by atoms with Crippen LogP contribution in [0.2, 0.25) is 0 Å². The van der Waals surface area contributed by atoms with Gasteiger partial charge in [-0.1, -0.05) is 29.8 Å². The van der Waals surface area contributed by atoms with Crippen molar-refractivity contribution in [3.05, 3.63) is 93.7 Å². The quantitative estimate of drug-likeness (QED) is 0.523. The van der Waals surface area contributed by atoms with Crippen LogP contribution in [0, 0.1) is 18.3 Å². The molecule has 0 radical (unpaired) electrons. The molecule has 154 valence electrons. The molecule has 0 saturated carbocycles. The maximum Gasteiger partial charge on any atom is 0.264 e. The number of aromatic nitrogens is 4. The molecule has 0 saturated heterocycles. The summed E-state index contributed by atoms with van der Waals surface area (Å²) in [5.41, 5.74) is 3.49. The van der Waals surface area contributed by atoms with Gasteiger partial charge in [-0.25, -0.2) is 9.67 Å². The number of amides is 1. The van der Waals surface area contributed by atoms with Gasteiger partial charge >= 0.3 is 0 Å². The van der Waals surface area contributed by atoms with Crippen molar-refractivity contribution in [2.75, 3.05) is 6.54 Å². The molecule has 0 aliphatic carbocycles. The van der Waals surface area contributed by atoms with Crippen molar-refractivity contribution < 1.29 is 4.79 Å². The second-order valence-corrected chi connectivity index (χ2v) is 7.21. The van der Waals surface area contributed by atoms with Crippen LogP contribution < -0.4 is 10.9 Å². The Kier molecular flexibility index (Phi) is 5.58. The van der Waals surface area contributed by atoms with Gasteiger partial charge in [0.1, 0.15) is 11.7 Å². The Morgan fingerprint density at radius 2 is 1.87 bits per heavy atom. The van der Waals surface area contributed by atoms with E-state index in [1.54, 1.807) is 33.5 Å². The molecule has 0 aliphatic rings. The molecule has 1 N–H and O–H groups in total. The highest BCUT2D eigenvalue weighted by molar-refractivity contribution is 5.94. The molecule has 0 unspecified atom stereocenters. The van der Waals surface area contributed by atoms with Gasteiger partial charge in [0.15, 0.2) is 5.65 Å². The first-order valence-corrected chi connectivity index (χ1v) is 9.80. The van der Waals surface area contributed by atoms with E-state index in [4.69, 9.17) is 5.26 Å². The van der Waals surface area contributed by atoms with Crippen LogP contribution in [0.15, 0.2) is 65.8 Å². The number of carbonyl (C=O) groups excluding carboxylic acids is 1. The Hall–Kier alpha value is -4.25. The molecular formula is C23H20N6O2. The van der Waals surface area contributed by atoms with Crippen molar-refractivity contribution in [3.8, 4) is 6.07 Å². The lowest BCUT2D eigenvalue weighted by atomic mass is 10.1. The maximum absolute atomic E-state index is 12.8. The monoisotopic (exact) mass is 412 g/mol. The number of rotatable bonds is 6. The van der Waals surface area contributed by atoms with E-state index < -0.39 is 0 Å². The third-order valence-electron chi connectivity index (χ3n) is 4.98. The molecule has 8 nitrogen and oxygen atoms in total. The number of hydrogen-bond acceptors (Lipinski definition) is 5. The summed E-state index contributed by atoms with van der Waals surface area (Å²) < 4.78 is 3.16. The van der Waals surface area contributed by atoms with Gasteiger partial charge in [0, 0.05) is 12.1 Å². The van der Waals surface area contributed by atoms with E-state index in [2.05, 4.69) is 15.4 Å². The average Bonchev–Trinajstić information content (AvgIpc) is 3.21. The molecule has 2 heterocycles. The lowest BCUT2D eigenvalue weighted by molar-refractivity contribution is 0.0952. The normalized spacial score (nSPS) is 10.7. The minimum Gasteiger partial charge on any atom is -0.350 e. The summed E-state index contributed by atoms with van der Waals surface area (Å²) in [6.07, 6.45) is 3.04. The van der Waals surface area contributed by atoms with Crippen molar-refractivity contribution >= 4 is 16.9 Å². The standard InChI is InChI=1S/C23H20N6O2/c1-16-2-4-18(5-3-16)14-28-15-26-21-20(23(28)31)13-27-29(21)11-10-25-22(30)19-8-6-17(12-24)7-9-19/h2-9,13,15H,10-11,14H2,1H3,(H,25,30). The lowest BCUT2D eigenvalue weighted by Crippen LogP contribution is -2.27. The summed E-state index contributed by atoms with van der Waals surface area (Å²) in [5.74, 6) is -0.241. The number of aryl methyl sites for hydroxylation is 1. The zero-order valence-corrected chi connectivity index (χ0v) is 16.9. The molecule has 0 atom stereocenters. The minimum absolute atomic E-state index is 0.154. The van der Waals surface area contributed by atoms with Crippen LogP contribution in [0.5, 0.6) is 0 Å². The molecule has 0 fully saturated rings. The van der Waals surface area contributed by atoms with Crippen LogP contribution in [0.4, 0.5) is 0 Å². The molecule has 2 aromatic carbocycles. The van der Waals surface area contributed by atoms with Crippen molar-refractivity contribution in [1.29, 1.82) is 5.26 Å². The van der Waals surface area contributed by atoms with Crippen LogP contribution in [0.25, 0.3) is 11.0 Å². The van der Waals surface area contributed by atoms with Crippen molar-refractivity contribution in [1.82, 2.24) is 24.6 Å². The zero-order chi connectivity index (χ0) is 21.8. The highest BCUT2D eigenvalue weighted by atomic mass is 16.1. The fourth-order valence-corrected chi connectivity index (χ4v) is 3.24. The van der Waals surface area contributed by atoms with E-state index in [-0.39, 0.29) is 11.5 Å². The summed E-state index contributed by atoms with van der Waals surface area (Å²) in [7, 11) is 0. The first-order valence-electron chi connectivity index (χ1n) is 9.80. The van der Waals surface area contributed by atoms with Gasteiger partial charge in [-0.2, -0.15) is 10.4 Å². The van der Waals surface area contributed by atoms with Gasteiger partial charge in [-0.15, -0.1) is 0 Å². The molecule has 4 aromatic rings. The molecule has 2 aromatic heterocycles. The predicted molar refractivity (Wildman–Crippen MR) is 116 cm³/mol. The van der Waals surface area contributed by atoms with E-state index in [1.165, 1.54) is 12.5 Å². The largest absolute Gasteiger partial charge is 0.350 e. The Balaban J connectivity index is 1.43. The smallest absolute Gasteiger partial charge is 0.264 e. The molecule has 31 heavy (non-hydrogen) atoms. The number of hydrogen-bond donors (Lipinski definition) is 1. The number of nitrogens with one attached hydrogen (secondary N) is 1. The Morgan fingerprint density at radius 3 is 2.58 bits per heavy atom. The number of carbonyl (C=O) groups is 1. The number of benzene rings is 2. The first kappa shape index (κ1) is 20.0. The van der Waals surface area contributed by atoms with Crippen LogP contribution in [0.1, 0.15) is 27.0 Å². The summed E-state index contributed by atoms with van der Waals surface area (Å²) in [4.78, 5) is 29.5. The summed E-state index contributed by atoms with van der Waals surface area (Å²) in [6, 6.07) is 16.4. The first-order chi connectivity index (χ1) is 15.0. The topological polar surface area (TPSA) is 106 Å². The van der Waals surface area contributed by atoms with Crippen LogP contribution in [-0.4, -0.2) is 31.8 Å². The minimum atomic E-state index is -0.241. The third-order valence-corrected chi connectivity index (χ3v) is 4.98. The van der Waals surface area contributed by atoms with Gasteiger partial charge in [0.2, 0.25) is 0 Å². The molecule has 8 heteroatoms. The van der Waals surface area contributed by atoms with Gasteiger partial charge in [0.25, 0.3) is 11.5 Å². The van der Waals surface area contributed by atoms with Crippen molar-refractivity contribution in [3.63, 3.8) is 0 Å². The van der Waals surface area contributed by atoms with E-state index in [1.807, 2.05) is 37.3 Å². The molecule has 1 amide bonds. The average molecular weight is 412 g/mol. The SMILES string of the molecule is Cc1ccc(Cn2cnc3c(cnn3CCNC(=O)c3ccc(C#N)cc3)c2=O)cc1. The van der Waals surface area contributed by atoms with Crippen LogP contribution in [0.3, 0.4) is 0 Å². The molecule has 0 spiro atoms. The number of nitrogens with zero attached hydrogens (tertiary/aromatic N) is 5. The molecular weight excluding hydrogens is 392 g/mol. The second-order valence-electron chi connectivity index (χ2n) is 7.21. The third kappa shape index (κ3) is 4.36. The van der Waals surface area contributed by atoms with Gasteiger partial charge in [0.05, 0.1) is 30.9 Å². The van der Waals surface area contributed by atoms with E-state index in [9.17, 15) is 9.59 Å². The van der Waals surface area contributed by atoms with Gasteiger partial charge in [-0.3, -0.25) is 14.2 Å². The Bertz CT molecular complexity index is 1330. The summed E-state index contributed by atoms with van der Waals surface area (Å²) in [5, 5.41) is 16.3. The number of fused-ring (bicyclic) bond motifs is 1. The zero-order valence-electron chi connectivity index (χ0n) is 16.9. The van der Waals surface area contributed by atoms with Crippen LogP contribution in [-0.2, 0) is 13.1 Å². The highest BCUT2D eigenvalue weighted by Gasteiger charge is 2.11. The Labute approximate surface area is 178 Å². The molecule has 0 bridgehead atoms. The van der Waals surface area contributed by atoms with Gasteiger partial charge in [-0.05, 0) is 36.8 Å². The second kappa shape index (κ2) is 8.63. The van der Waals surface area contributed by atoms with E-state index in [0.717, 1.165) is 11.1 Å². The van der Waals surface area contributed by atoms with Gasteiger partial charge < -0.3 is 5.32 Å². The predicted octanol–water partition coefficient (Wildman–Crippen LogP) is 2.25. The Morgan fingerprint density at radius 1 is 1.13 bits per heavy atom. The molecule has 0 aliphatic heterocycles. The van der Waals surface area contributed by atoms with E-state index >= 15 is 0 Å². The highest BCUT2D eigenvalue weighted by Crippen LogP contribution is 2.08. The summed E-state index contributed by atoms with van der Waals surface area (Å²) >= 11 is 0. The fraction of sp³-hybridized carbons (Fsp3) is 0.174. The van der Waals surface area contributed by atoms with E-state index in [0.29, 0.717) is 41.8 Å². The maximum atomic E-state index is 12.8. The van der Waals surface area contributed by atoms with Crippen LogP contribution >= 0.6 is 0 Å². The number of nitriles is 1. The van der Waals surface area contributed by atoms with Crippen molar-refractivity contribution in [2.24, 2.45) is 0 Å². The molecule has 4 rings (SSSR count). The summed E-state index contributed by atoms with van der Waals surface area (Å²) in [6.45, 7) is 3.16. The van der Waals surface area contributed by atoms with Crippen molar-refractivity contribution in [2.45, 2.75) is 20.0 Å².